The van der Waals surface area contributed by atoms with E-state index in [1.54, 1.807) is 6.07 Å². The molecule has 0 aromatic heterocycles. The molecule has 2 aromatic carbocycles. The van der Waals surface area contributed by atoms with E-state index >= 15 is 0 Å². The number of benzene rings is 2. The van der Waals surface area contributed by atoms with Crippen molar-refractivity contribution < 1.29 is 27.1 Å². The molecule has 30 heavy (non-hydrogen) atoms. The van der Waals surface area contributed by atoms with Crippen LogP contribution in [0.5, 0.6) is 11.5 Å². The van der Waals surface area contributed by atoms with Gasteiger partial charge in [0.2, 0.25) is 22.7 Å². The van der Waals surface area contributed by atoms with Gasteiger partial charge in [0.25, 0.3) is 0 Å². The molecule has 1 atom stereocenters. The lowest BCUT2D eigenvalue weighted by molar-refractivity contribution is -0.122. The minimum absolute atomic E-state index is 0.0385. The first-order valence-electron chi connectivity index (χ1n) is 9.86. The normalized spacial score (nSPS) is 18.9. The lowest BCUT2D eigenvalue weighted by Gasteiger charge is -2.34. The van der Waals surface area contributed by atoms with Gasteiger partial charge in [-0.05, 0) is 54.8 Å². The molecule has 1 unspecified atom stereocenters. The number of ether oxygens (including phenoxy) is 2. The molecule has 1 saturated heterocycles. The van der Waals surface area contributed by atoms with Gasteiger partial charge in [-0.2, -0.15) is 4.31 Å². The van der Waals surface area contributed by atoms with Crippen molar-refractivity contribution in [2.45, 2.75) is 43.2 Å². The highest BCUT2D eigenvalue weighted by atomic mass is 32.2. The van der Waals surface area contributed by atoms with Crippen molar-refractivity contribution in [2.75, 3.05) is 13.3 Å². The van der Waals surface area contributed by atoms with Gasteiger partial charge in [0.15, 0.2) is 11.5 Å². The van der Waals surface area contributed by atoms with E-state index in [0.29, 0.717) is 31.0 Å². The molecular weight excluding hydrogens is 411 g/mol. The Morgan fingerprint density at radius 1 is 1.10 bits per heavy atom. The van der Waals surface area contributed by atoms with Crippen molar-refractivity contribution in [3.8, 4) is 11.5 Å². The second kappa shape index (κ2) is 8.61. The zero-order chi connectivity index (χ0) is 21.1. The maximum atomic E-state index is 13.2. The third kappa shape index (κ3) is 4.41. The predicted molar refractivity (Wildman–Crippen MR) is 107 cm³/mol. The largest absolute Gasteiger partial charge is 0.454 e. The number of carbonyl (C=O) groups is 1. The van der Waals surface area contributed by atoms with Gasteiger partial charge >= 0.3 is 0 Å². The van der Waals surface area contributed by atoms with Crippen LogP contribution in [0.25, 0.3) is 0 Å². The smallest absolute Gasteiger partial charge is 0.243 e. The van der Waals surface area contributed by atoms with Crippen LogP contribution in [-0.2, 0) is 21.4 Å². The molecule has 160 valence electrons. The fourth-order valence-electron chi connectivity index (χ4n) is 3.77. The van der Waals surface area contributed by atoms with Crippen LogP contribution in [0.15, 0.2) is 47.4 Å². The summed E-state index contributed by atoms with van der Waals surface area (Å²) in [7, 11) is -3.79. The number of halogens is 1. The summed E-state index contributed by atoms with van der Waals surface area (Å²) in [5.41, 5.74) is 0.868. The van der Waals surface area contributed by atoms with E-state index in [1.807, 2.05) is 12.1 Å². The van der Waals surface area contributed by atoms with Gasteiger partial charge in [0.05, 0.1) is 4.90 Å². The van der Waals surface area contributed by atoms with Crippen molar-refractivity contribution >= 4 is 15.9 Å². The summed E-state index contributed by atoms with van der Waals surface area (Å²) in [5.74, 6) is 0.602. The fraction of sp³-hybridized carbons (Fsp3) is 0.381. The van der Waals surface area contributed by atoms with E-state index in [4.69, 9.17) is 9.47 Å². The summed E-state index contributed by atoms with van der Waals surface area (Å²) >= 11 is 0. The van der Waals surface area contributed by atoms with Crippen LogP contribution in [0.2, 0.25) is 0 Å². The summed E-state index contributed by atoms with van der Waals surface area (Å²) in [4.78, 5) is 12.6. The first-order chi connectivity index (χ1) is 14.4. The molecule has 7 nitrogen and oxygen atoms in total. The number of amides is 1. The molecule has 4 rings (SSSR count). The number of hydrogen-bond acceptors (Lipinski definition) is 5. The Hall–Kier alpha value is -2.65. The molecule has 2 aliphatic rings. The van der Waals surface area contributed by atoms with Crippen molar-refractivity contribution in [1.82, 2.24) is 9.62 Å². The van der Waals surface area contributed by atoms with Gasteiger partial charge < -0.3 is 14.8 Å². The number of fused-ring (bicyclic) bond motifs is 1. The zero-order valence-electron chi connectivity index (χ0n) is 16.3. The van der Waals surface area contributed by atoms with E-state index < -0.39 is 21.9 Å². The number of carbonyl (C=O) groups excluding carboxylic acids is 1. The maximum Gasteiger partial charge on any atom is 0.243 e. The molecule has 2 aliphatic heterocycles. The van der Waals surface area contributed by atoms with E-state index in [2.05, 4.69) is 5.32 Å². The van der Waals surface area contributed by atoms with Crippen LogP contribution < -0.4 is 14.8 Å². The Balaban J connectivity index is 1.40. The molecule has 1 fully saturated rings. The summed E-state index contributed by atoms with van der Waals surface area (Å²) < 4.78 is 51.2. The average molecular weight is 434 g/mol. The topological polar surface area (TPSA) is 84.9 Å². The van der Waals surface area contributed by atoms with E-state index in [1.165, 1.54) is 16.4 Å². The Kier molecular flexibility index (Phi) is 5.92. The lowest BCUT2D eigenvalue weighted by Crippen LogP contribution is -2.45. The molecule has 2 heterocycles. The summed E-state index contributed by atoms with van der Waals surface area (Å²) in [6, 6.07) is 9.81. The van der Waals surface area contributed by atoms with Crippen molar-refractivity contribution in [1.29, 1.82) is 0 Å². The van der Waals surface area contributed by atoms with E-state index in [-0.39, 0.29) is 24.0 Å². The summed E-state index contributed by atoms with van der Waals surface area (Å²) in [5, 5.41) is 2.85. The Morgan fingerprint density at radius 2 is 1.87 bits per heavy atom. The van der Waals surface area contributed by atoms with E-state index in [9.17, 15) is 17.6 Å². The van der Waals surface area contributed by atoms with Crippen LogP contribution >= 0.6 is 0 Å². The Morgan fingerprint density at radius 3 is 2.67 bits per heavy atom. The maximum absolute atomic E-state index is 13.2. The highest BCUT2D eigenvalue weighted by Gasteiger charge is 2.34. The minimum atomic E-state index is -3.79. The third-order valence-electron chi connectivity index (χ3n) is 5.34. The monoisotopic (exact) mass is 434 g/mol. The highest BCUT2D eigenvalue weighted by Crippen LogP contribution is 2.32. The average Bonchev–Trinajstić information content (AvgIpc) is 3.21. The zero-order valence-corrected chi connectivity index (χ0v) is 17.2. The molecule has 0 aliphatic carbocycles. The summed E-state index contributed by atoms with van der Waals surface area (Å²) in [6.07, 6.45) is 2.27. The number of rotatable bonds is 6. The molecule has 0 radical (unpaired) electrons. The second-order valence-electron chi connectivity index (χ2n) is 7.39. The van der Waals surface area contributed by atoms with Crippen LogP contribution in [0.4, 0.5) is 4.39 Å². The van der Waals surface area contributed by atoms with Crippen molar-refractivity contribution in [3.05, 3.63) is 53.8 Å². The Bertz CT molecular complexity index is 1030. The molecule has 2 aromatic rings. The quantitative estimate of drug-likeness (QED) is 0.756. The predicted octanol–water partition coefficient (Wildman–Crippen LogP) is 2.80. The molecule has 1 N–H and O–H groups in total. The third-order valence-corrected chi connectivity index (χ3v) is 7.31. The van der Waals surface area contributed by atoms with Crippen LogP contribution in [-0.4, -0.2) is 38.0 Å². The molecule has 0 saturated carbocycles. The Labute approximate surface area is 174 Å². The van der Waals surface area contributed by atoms with Gasteiger partial charge in [-0.15, -0.1) is 0 Å². The van der Waals surface area contributed by atoms with Crippen LogP contribution in [0.1, 0.15) is 31.2 Å². The molecular formula is C21H23FN2O5S. The van der Waals surface area contributed by atoms with Crippen LogP contribution in [0, 0.1) is 5.82 Å². The van der Waals surface area contributed by atoms with Crippen molar-refractivity contribution in [2.24, 2.45) is 0 Å². The fourth-order valence-corrected chi connectivity index (χ4v) is 5.47. The number of hydrogen-bond donors (Lipinski definition) is 1. The van der Waals surface area contributed by atoms with Gasteiger partial charge in [-0.3, -0.25) is 4.79 Å². The van der Waals surface area contributed by atoms with Crippen molar-refractivity contribution in [3.63, 3.8) is 0 Å². The summed E-state index contributed by atoms with van der Waals surface area (Å²) in [6.45, 7) is 0.845. The number of nitrogens with zero attached hydrogens (tertiary/aromatic N) is 1. The first-order valence-corrected chi connectivity index (χ1v) is 11.3. The van der Waals surface area contributed by atoms with Crippen LogP contribution in [0.3, 0.4) is 0 Å². The standard InChI is InChI=1S/C21H23FN2O5S/c22-16-5-7-18(8-6-16)30(26,27)24-10-2-1-3-17(24)12-21(25)23-13-15-4-9-19-20(11-15)29-14-28-19/h4-9,11,17H,1-3,10,12-14H2,(H,23,25). The molecule has 0 bridgehead atoms. The second-order valence-corrected chi connectivity index (χ2v) is 9.28. The lowest BCUT2D eigenvalue weighted by atomic mass is 10.0. The number of sulfonamides is 1. The molecule has 0 spiro atoms. The highest BCUT2D eigenvalue weighted by molar-refractivity contribution is 7.89. The number of piperidine rings is 1. The molecule has 1 amide bonds. The van der Waals surface area contributed by atoms with Gasteiger partial charge in [0, 0.05) is 25.6 Å². The number of nitrogens with one attached hydrogen (secondary N) is 1. The van der Waals surface area contributed by atoms with E-state index in [0.717, 1.165) is 30.5 Å². The SMILES string of the molecule is O=C(CC1CCCCN1S(=O)(=O)c1ccc(F)cc1)NCc1ccc2c(c1)OCO2. The minimum Gasteiger partial charge on any atom is -0.454 e. The van der Waals surface area contributed by atoms with Gasteiger partial charge in [-0.25, -0.2) is 12.8 Å². The van der Waals surface area contributed by atoms with Gasteiger partial charge in [-0.1, -0.05) is 12.5 Å². The van der Waals surface area contributed by atoms with Gasteiger partial charge in [0.1, 0.15) is 5.82 Å². The first kappa shape index (κ1) is 20.6. The molecule has 9 heteroatoms.